The number of thiocarbonyl (C=S) groups is 1. The lowest BCUT2D eigenvalue weighted by Crippen LogP contribution is -2.32. The average molecular weight is 591 g/mol. The number of amides is 1. The highest BCUT2D eigenvalue weighted by atomic mass is 127. The maximum absolute atomic E-state index is 13.2. The number of primary sulfonamides is 1. The molecule has 0 spiro atoms. The number of benzene rings is 3. The maximum atomic E-state index is 13.2. The number of para-hydroxylation sites is 1. The number of hydrazone groups is 1. The molecule has 0 saturated heterocycles. The van der Waals surface area contributed by atoms with Crippen LogP contribution in [-0.4, -0.2) is 25.1 Å². The Morgan fingerprint density at radius 1 is 1.06 bits per heavy atom. The summed E-state index contributed by atoms with van der Waals surface area (Å²) in [4.78, 5) is 14.8. The number of anilines is 2. The SMILES string of the molecule is NS(=O)(=O)c1ccccc1NC(=S)NN=C1C(=O)N(Cc2ccccc2)c2ccc(I)cc21. The fourth-order valence-electron chi connectivity index (χ4n) is 3.39. The molecular weight excluding hydrogens is 573 g/mol. The van der Waals surface area contributed by atoms with E-state index in [0.29, 0.717) is 12.1 Å². The molecule has 11 heteroatoms. The van der Waals surface area contributed by atoms with Crippen LogP contribution >= 0.6 is 34.8 Å². The Bertz CT molecular complexity index is 1380. The molecule has 1 aliphatic rings. The van der Waals surface area contributed by atoms with Crippen molar-refractivity contribution in [2.45, 2.75) is 11.4 Å². The third-order valence-corrected chi connectivity index (χ3v) is 6.68. The number of carbonyl (C=O) groups excluding carboxylic acids is 1. The number of nitrogens with two attached hydrogens (primary N) is 1. The summed E-state index contributed by atoms with van der Waals surface area (Å²) in [5.41, 5.74) is 5.49. The van der Waals surface area contributed by atoms with E-state index in [1.54, 1.807) is 17.0 Å². The van der Waals surface area contributed by atoms with Crippen LogP contribution in [0.1, 0.15) is 11.1 Å². The minimum absolute atomic E-state index is 0.0140. The minimum Gasteiger partial charge on any atom is -0.330 e. The van der Waals surface area contributed by atoms with Gasteiger partial charge >= 0.3 is 0 Å². The molecule has 1 heterocycles. The second-order valence-corrected chi connectivity index (χ2v) is 10.3. The molecule has 0 fully saturated rings. The number of sulfonamides is 1. The van der Waals surface area contributed by atoms with Gasteiger partial charge < -0.3 is 10.2 Å². The zero-order valence-corrected chi connectivity index (χ0v) is 20.8. The van der Waals surface area contributed by atoms with Crippen LogP contribution in [0.2, 0.25) is 0 Å². The molecule has 1 aliphatic heterocycles. The minimum atomic E-state index is -3.95. The zero-order chi connectivity index (χ0) is 23.6. The maximum Gasteiger partial charge on any atom is 0.279 e. The number of hydrogen-bond donors (Lipinski definition) is 3. The summed E-state index contributed by atoms with van der Waals surface area (Å²) >= 11 is 7.44. The van der Waals surface area contributed by atoms with Crippen LogP contribution in [0.3, 0.4) is 0 Å². The van der Waals surface area contributed by atoms with Gasteiger partial charge in [-0.2, -0.15) is 5.10 Å². The van der Waals surface area contributed by atoms with E-state index in [2.05, 4.69) is 38.4 Å². The second kappa shape index (κ2) is 9.55. The van der Waals surface area contributed by atoms with Crippen LogP contribution < -0.4 is 20.8 Å². The molecule has 0 bridgehead atoms. The van der Waals surface area contributed by atoms with Gasteiger partial charge in [-0.15, -0.1) is 0 Å². The van der Waals surface area contributed by atoms with Gasteiger partial charge in [0.2, 0.25) is 10.0 Å². The lowest BCUT2D eigenvalue weighted by molar-refractivity contribution is -0.112. The van der Waals surface area contributed by atoms with Gasteiger partial charge in [0.05, 0.1) is 17.9 Å². The monoisotopic (exact) mass is 591 g/mol. The molecule has 0 atom stereocenters. The van der Waals surface area contributed by atoms with Gasteiger partial charge in [0.25, 0.3) is 5.91 Å². The first-order valence-electron chi connectivity index (χ1n) is 9.66. The van der Waals surface area contributed by atoms with Crippen molar-refractivity contribution in [1.82, 2.24) is 5.43 Å². The lowest BCUT2D eigenvalue weighted by atomic mass is 10.1. The number of rotatable bonds is 5. The Hall–Kier alpha value is -2.87. The molecule has 0 aromatic heterocycles. The van der Waals surface area contributed by atoms with Gasteiger partial charge in [-0.25, -0.2) is 13.6 Å². The molecule has 4 N–H and O–H groups in total. The van der Waals surface area contributed by atoms with E-state index in [4.69, 9.17) is 17.4 Å². The highest BCUT2D eigenvalue weighted by Gasteiger charge is 2.34. The van der Waals surface area contributed by atoms with E-state index < -0.39 is 10.0 Å². The van der Waals surface area contributed by atoms with Crippen molar-refractivity contribution in [2.75, 3.05) is 10.2 Å². The van der Waals surface area contributed by atoms with Gasteiger partial charge in [0.15, 0.2) is 10.8 Å². The number of fused-ring (bicyclic) bond motifs is 1. The number of hydrogen-bond acceptors (Lipinski definition) is 5. The van der Waals surface area contributed by atoms with Crippen molar-refractivity contribution in [3.8, 4) is 0 Å². The number of halogens is 1. The van der Waals surface area contributed by atoms with Gasteiger partial charge in [-0.3, -0.25) is 10.2 Å². The fraction of sp³-hybridized carbons (Fsp3) is 0.0455. The van der Waals surface area contributed by atoms with Gasteiger partial charge in [0.1, 0.15) is 4.90 Å². The first-order chi connectivity index (χ1) is 15.7. The van der Waals surface area contributed by atoms with Crippen molar-refractivity contribution in [1.29, 1.82) is 0 Å². The Labute approximate surface area is 210 Å². The Morgan fingerprint density at radius 3 is 2.48 bits per heavy atom. The third kappa shape index (κ3) is 5.21. The summed E-state index contributed by atoms with van der Waals surface area (Å²) < 4.78 is 24.5. The van der Waals surface area contributed by atoms with E-state index in [1.165, 1.54) is 12.1 Å². The lowest BCUT2D eigenvalue weighted by Gasteiger charge is -2.17. The third-order valence-electron chi connectivity index (χ3n) is 4.85. The topological polar surface area (TPSA) is 117 Å². The highest BCUT2D eigenvalue weighted by molar-refractivity contribution is 14.1. The van der Waals surface area contributed by atoms with E-state index in [9.17, 15) is 13.2 Å². The number of nitrogens with zero attached hydrogens (tertiary/aromatic N) is 2. The highest BCUT2D eigenvalue weighted by Crippen LogP contribution is 2.32. The van der Waals surface area contributed by atoms with Crippen molar-refractivity contribution in [2.24, 2.45) is 10.2 Å². The van der Waals surface area contributed by atoms with E-state index >= 15 is 0 Å². The van der Waals surface area contributed by atoms with Gasteiger partial charge in [-0.05, 0) is 70.7 Å². The van der Waals surface area contributed by atoms with Crippen molar-refractivity contribution in [3.05, 3.63) is 87.5 Å². The fourth-order valence-corrected chi connectivity index (χ4v) is 4.73. The van der Waals surface area contributed by atoms with Crippen LogP contribution in [0.15, 0.2) is 82.8 Å². The largest absolute Gasteiger partial charge is 0.330 e. The molecule has 0 aliphatic carbocycles. The average Bonchev–Trinajstić information content (AvgIpc) is 3.03. The molecule has 0 saturated carbocycles. The van der Waals surface area contributed by atoms with Gasteiger partial charge in [-0.1, -0.05) is 42.5 Å². The summed E-state index contributed by atoms with van der Waals surface area (Å²) in [6, 6.07) is 21.5. The van der Waals surface area contributed by atoms with Crippen LogP contribution in [0.25, 0.3) is 0 Å². The molecule has 4 rings (SSSR count). The van der Waals surface area contributed by atoms with Crippen LogP contribution in [0, 0.1) is 3.57 Å². The molecular formula is C22H18IN5O3S2. The van der Waals surface area contributed by atoms with Crippen LogP contribution in [0.5, 0.6) is 0 Å². The smallest absolute Gasteiger partial charge is 0.279 e. The number of carbonyl (C=O) groups is 1. The normalized spacial score (nSPS) is 14.3. The van der Waals surface area contributed by atoms with Crippen LogP contribution in [-0.2, 0) is 21.4 Å². The van der Waals surface area contributed by atoms with E-state index in [0.717, 1.165) is 14.8 Å². The summed E-state index contributed by atoms with van der Waals surface area (Å²) in [6.45, 7) is 0.400. The van der Waals surface area contributed by atoms with E-state index in [1.807, 2.05) is 48.5 Å². The molecule has 3 aromatic carbocycles. The Morgan fingerprint density at radius 2 is 1.76 bits per heavy atom. The second-order valence-electron chi connectivity index (χ2n) is 7.11. The predicted molar refractivity (Wildman–Crippen MR) is 140 cm³/mol. The van der Waals surface area contributed by atoms with Crippen molar-refractivity contribution in [3.63, 3.8) is 0 Å². The quantitative estimate of drug-likeness (QED) is 0.239. The molecule has 3 aromatic rings. The molecule has 8 nitrogen and oxygen atoms in total. The van der Waals surface area contributed by atoms with Crippen LogP contribution in [0.4, 0.5) is 11.4 Å². The molecule has 0 unspecified atom stereocenters. The first kappa shape index (κ1) is 23.3. The van der Waals surface area contributed by atoms with Gasteiger partial charge in [0, 0.05) is 9.13 Å². The summed E-state index contributed by atoms with van der Waals surface area (Å²) in [5.74, 6) is -0.268. The molecule has 33 heavy (non-hydrogen) atoms. The summed E-state index contributed by atoms with van der Waals surface area (Å²) in [7, 11) is -3.95. The van der Waals surface area contributed by atoms with Crippen molar-refractivity contribution >= 4 is 72.9 Å². The van der Waals surface area contributed by atoms with E-state index in [-0.39, 0.29) is 27.3 Å². The summed E-state index contributed by atoms with van der Waals surface area (Å²) in [6.07, 6.45) is 0. The van der Waals surface area contributed by atoms with Crippen molar-refractivity contribution < 1.29 is 13.2 Å². The standard InChI is InChI=1S/C22H18IN5O3S2/c23-15-10-11-18-16(12-15)20(21(29)28(18)13-14-6-2-1-3-7-14)26-27-22(32)25-17-8-4-5-9-19(17)33(24,30)31/h1-12H,13H2,(H2,24,30,31)(H2,25,27,32). The number of nitrogens with one attached hydrogen (secondary N) is 2. The first-order valence-corrected chi connectivity index (χ1v) is 12.7. The zero-order valence-electron chi connectivity index (χ0n) is 17.0. The summed E-state index contributed by atoms with van der Waals surface area (Å²) in [5, 5.41) is 12.3. The Balaban J connectivity index is 1.59. The molecule has 168 valence electrons. The molecule has 1 amide bonds. The molecule has 0 radical (unpaired) electrons. The predicted octanol–water partition coefficient (Wildman–Crippen LogP) is 3.18. The Kier molecular flexibility index (Phi) is 6.74.